The Balaban J connectivity index is 2.73. The number of carbonyl (C=O) groups is 5. The van der Waals surface area contributed by atoms with Gasteiger partial charge in [-0.3, -0.25) is 24.0 Å². The van der Waals surface area contributed by atoms with Gasteiger partial charge in [-0.2, -0.15) is 0 Å². The van der Waals surface area contributed by atoms with Crippen molar-refractivity contribution in [2.75, 3.05) is 6.26 Å². The van der Waals surface area contributed by atoms with Crippen LogP contribution in [0.1, 0.15) is 46.0 Å². The number of hydrogen-bond donors (Lipinski definition) is 4. The number of thioether (sulfide) groups is 1. The Kier molecular flexibility index (Phi) is 8.07. The molecule has 10 heteroatoms. The summed E-state index contributed by atoms with van der Waals surface area (Å²) in [7, 11) is 0. The summed E-state index contributed by atoms with van der Waals surface area (Å²) in [6.07, 6.45) is 2.22. The van der Waals surface area contributed by atoms with Gasteiger partial charge in [-0.25, -0.2) is 0 Å². The van der Waals surface area contributed by atoms with Crippen LogP contribution in [-0.2, 0) is 24.0 Å². The van der Waals surface area contributed by atoms with Gasteiger partial charge in [0.05, 0.1) is 6.04 Å². The molecule has 2 atom stereocenters. The molecule has 0 heterocycles. The highest BCUT2D eigenvalue weighted by Gasteiger charge is 2.52. The van der Waals surface area contributed by atoms with Crippen molar-refractivity contribution < 1.29 is 29.1 Å². The molecule has 1 saturated carbocycles. The molecule has 1 fully saturated rings. The summed E-state index contributed by atoms with van der Waals surface area (Å²) in [4.78, 5) is 58.8. The minimum atomic E-state index is -1.11. The molecule has 0 radical (unpaired) electrons. The highest BCUT2D eigenvalue weighted by Crippen LogP contribution is 2.36. The molecule has 146 valence electrons. The van der Waals surface area contributed by atoms with Crippen molar-refractivity contribution in [3.63, 3.8) is 0 Å². The van der Waals surface area contributed by atoms with Crippen LogP contribution in [0.2, 0.25) is 0 Å². The van der Waals surface area contributed by atoms with Crippen molar-refractivity contribution in [2.45, 2.75) is 63.6 Å². The molecule has 9 nitrogen and oxygen atoms in total. The lowest BCUT2D eigenvalue weighted by atomic mass is 10.1. The topological polar surface area (TPSA) is 142 Å². The minimum absolute atomic E-state index is 0.0774. The number of nitrogens with one attached hydrogen (secondary N) is 3. The molecule has 1 rings (SSSR count). The fraction of sp³-hybridized carbons (Fsp3) is 0.688. The molecule has 0 aromatic heterocycles. The van der Waals surface area contributed by atoms with Crippen molar-refractivity contribution in [3.8, 4) is 0 Å². The van der Waals surface area contributed by atoms with Gasteiger partial charge in [0.25, 0.3) is 0 Å². The fourth-order valence-electron chi connectivity index (χ4n) is 2.26. The maximum absolute atomic E-state index is 12.5. The first-order valence-electron chi connectivity index (χ1n) is 8.37. The molecule has 26 heavy (non-hydrogen) atoms. The SMILES string of the molecule is CCC(=O)N[C@@H](CCC(=O)O)C(=O)NC1(C(=O)N[C@@H](C)C(=O)SC)CC1. The van der Waals surface area contributed by atoms with Gasteiger partial charge >= 0.3 is 5.97 Å². The van der Waals surface area contributed by atoms with Crippen LogP contribution in [0.3, 0.4) is 0 Å². The lowest BCUT2D eigenvalue weighted by molar-refractivity contribution is -0.138. The van der Waals surface area contributed by atoms with Crippen molar-refractivity contribution in [3.05, 3.63) is 0 Å². The van der Waals surface area contributed by atoms with Gasteiger partial charge in [0.1, 0.15) is 11.6 Å². The summed E-state index contributed by atoms with van der Waals surface area (Å²) >= 11 is 0.999. The Morgan fingerprint density at radius 1 is 1.15 bits per heavy atom. The molecule has 0 spiro atoms. The molecule has 1 aliphatic rings. The second-order valence-electron chi connectivity index (χ2n) is 6.20. The van der Waals surface area contributed by atoms with E-state index < -0.39 is 35.4 Å². The minimum Gasteiger partial charge on any atom is -0.481 e. The Morgan fingerprint density at radius 2 is 1.77 bits per heavy atom. The maximum Gasteiger partial charge on any atom is 0.303 e. The monoisotopic (exact) mass is 387 g/mol. The van der Waals surface area contributed by atoms with E-state index >= 15 is 0 Å². The van der Waals surface area contributed by atoms with Crippen molar-refractivity contribution in [1.82, 2.24) is 16.0 Å². The molecule has 0 aromatic rings. The molecule has 1 aliphatic carbocycles. The van der Waals surface area contributed by atoms with E-state index in [0.29, 0.717) is 12.8 Å². The van der Waals surface area contributed by atoms with Crippen LogP contribution in [0, 0.1) is 0 Å². The molecule has 0 aliphatic heterocycles. The molecule has 3 amide bonds. The van der Waals surface area contributed by atoms with E-state index in [9.17, 15) is 24.0 Å². The summed E-state index contributed by atoms with van der Waals surface area (Å²) in [5.41, 5.74) is -1.11. The van der Waals surface area contributed by atoms with Gasteiger partial charge in [0, 0.05) is 12.8 Å². The fourth-order valence-corrected chi connectivity index (χ4v) is 2.67. The lowest BCUT2D eigenvalue weighted by Gasteiger charge is -2.23. The first kappa shape index (κ1) is 21.9. The zero-order valence-electron chi connectivity index (χ0n) is 15.1. The summed E-state index contributed by atoms with van der Waals surface area (Å²) in [5.74, 6) is -2.54. The average molecular weight is 387 g/mol. The van der Waals surface area contributed by atoms with Crippen LogP contribution in [0.4, 0.5) is 0 Å². The predicted molar refractivity (Wildman–Crippen MR) is 95.3 cm³/mol. The normalized spacial score (nSPS) is 16.7. The molecular formula is C16H25N3O6S. The zero-order chi connectivity index (χ0) is 19.9. The molecule has 4 N–H and O–H groups in total. The molecule has 0 unspecified atom stereocenters. The van der Waals surface area contributed by atoms with Crippen LogP contribution in [-0.4, -0.2) is 57.8 Å². The first-order chi connectivity index (χ1) is 12.1. The standard InChI is InChI=1S/C16H25N3O6S/c1-4-11(20)18-10(5-6-12(21)22)13(23)19-16(7-8-16)15(25)17-9(2)14(24)26-3/h9-10H,4-8H2,1-3H3,(H,17,25)(H,18,20)(H,19,23)(H,21,22)/t9-,10-/m0/s1. The van der Waals surface area contributed by atoms with Crippen LogP contribution < -0.4 is 16.0 Å². The average Bonchev–Trinajstić information content (AvgIpc) is 3.37. The maximum atomic E-state index is 12.5. The third kappa shape index (κ3) is 6.32. The number of carboxylic acids is 1. The van der Waals surface area contributed by atoms with Crippen LogP contribution in [0.25, 0.3) is 0 Å². The van der Waals surface area contributed by atoms with E-state index in [1.807, 2.05) is 0 Å². The zero-order valence-corrected chi connectivity index (χ0v) is 15.9. The largest absolute Gasteiger partial charge is 0.481 e. The Bertz CT molecular complexity index is 591. The molecule has 0 aromatic carbocycles. The van der Waals surface area contributed by atoms with Crippen molar-refractivity contribution in [2.24, 2.45) is 0 Å². The summed E-state index contributed by atoms with van der Waals surface area (Å²) in [6.45, 7) is 3.17. The Morgan fingerprint density at radius 3 is 2.23 bits per heavy atom. The number of hydrogen-bond acceptors (Lipinski definition) is 6. The summed E-state index contributed by atoms with van der Waals surface area (Å²) in [5, 5.41) is 16.3. The van der Waals surface area contributed by atoms with Gasteiger partial charge in [0.2, 0.25) is 22.8 Å². The summed E-state index contributed by atoms with van der Waals surface area (Å²) < 4.78 is 0. The van der Waals surface area contributed by atoms with Gasteiger partial charge in [-0.15, -0.1) is 0 Å². The number of carbonyl (C=O) groups excluding carboxylic acids is 4. The highest BCUT2D eigenvalue weighted by molar-refractivity contribution is 8.13. The van der Waals surface area contributed by atoms with Crippen molar-refractivity contribution in [1.29, 1.82) is 0 Å². The third-order valence-electron chi connectivity index (χ3n) is 4.07. The van der Waals surface area contributed by atoms with Crippen molar-refractivity contribution >= 4 is 40.6 Å². The van der Waals surface area contributed by atoms with Gasteiger partial charge in [-0.1, -0.05) is 18.7 Å². The third-order valence-corrected chi connectivity index (χ3v) is 4.83. The van der Waals surface area contributed by atoms with E-state index in [-0.39, 0.29) is 30.3 Å². The molecule has 0 bridgehead atoms. The Hall–Kier alpha value is -2.10. The van der Waals surface area contributed by atoms with Crippen LogP contribution in [0.15, 0.2) is 0 Å². The van der Waals surface area contributed by atoms with E-state index in [1.165, 1.54) is 0 Å². The van der Waals surface area contributed by atoms with E-state index in [4.69, 9.17) is 5.11 Å². The second kappa shape index (κ2) is 9.56. The summed E-state index contributed by atoms with van der Waals surface area (Å²) in [6, 6.07) is -1.72. The predicted octanol–water partition coefficient (Wildman–Crippen LogP) is -0.211. The second-order valence-corrected chi connectivity index (χ2v) is 7.01. The van der Waals surface area contributed by atoms with E-state index in [0.717, 1.165) is 11.8 Å². The van der Waals surface area contributed by atoms with E-state index in [1.54, 1.807) is 20.1 Å². The van der Waals surface area contributed by atoms with Gasteiger partial charge in [-0.05, 0) is 32.4 Å². The first-order valence-corrected chi connectivity index (χ1v) is 9.59. The number of aliphatic carboxylic acids is 1. The smallest absolute Gasteiger partial charge is 0.303 e. The highest BCUT2D eigenvalue weighted by atomic mass is 32.2. The Labute approximate surface area is 156 Å². The van der Waals surface area contributed by atoms with Gasteiger partial charge < -0.3 is 21.1 Å². The molecule has 0 saturated heterocycles. The van der Waals surface area contributed by atoms with Crippen LogP contribution in [0.5, 0.6) is 0 Å². The lowest BCUT2D eigenvalue weighted by Crippen LogP contribution is -2.56. The molecular weight excluding hydrogens is 362 g/mol. The van der Waals surface area contributed by atoms with Gasteiger partial charge in [0.15, 0.2) is 0 Å². The van der Waals surface area contributed by atoms with Crippen LogP contribution >= 0.6 is 11.8 Å². The van der Waals surface area contributed by atoms with E-state index in [2.05, 4.69) is 16.0 Å². The number of amides is 3. The number of rotatable bonds is 10. The quantitative estimate of drug-likeness (QED) is 0.406. The number of carboxylic acid groups (broad SMARTS) is 1.